The minimum Gasteiger partial charge on any atom is -0.325 e. The molecule has 4 rings (SSSR count). The van der Waals surface area contributed by atoms with Crippen LogP contribution < -0.4 is 10.6 Å². The number of hydrogen-bond donors (Lipinski definition) is 2. The van der Waals surface area contributed by atoms with Gasteiger partial charge in [-0.3, -0.25) is 19.1 Å². The van der Waals surface area contributed by atoms with Crippen molar-refractivity contribution in [3.8, 4) is 11.4 Å². The number of aromatic nitrogens is 4. The van der Waals surface area contributed by atoms with E-state index in [9.17, 15) is 9.59 Å². The fourth-order valence-corrected chi connectivity index (χ4v) is 4.18. The van der Waals surface area contributed by atoms with Gasteiger partial charge in [-0.1, -0.05) is 42.1 Å². The summed E-state index contributed by atoms with van der Waals surface area (Å²) in [4.78, 5) is 29.7. The number of nitrogens with zero attached hydrogens (tertiary/aromatic N) is 4. The van der Waals surface area contributed by atoms with Crippen LogP contribution in [0.4, 0.5) is 11.4 Å². The second-order valence-electron chi connectivity index (χ2n) is 7.65. The summed E-state index contributed by atoms with van der Waals surface area (Å²) in [6.07, 6.45) is 5.13. The van der Waals surface area contributed by atoms with Crippen LogP contribution in [0, 0.1) is 6.92 Å². The van der Waals surface area contributed by atoms with E-state index in [1.807, 2.05) is 47.9 Å². The Kier molecular flexibility index (Phi) is 7.69. The first-order valence-corrected chi connectivity index (χ1v) is 11.9. The van der Waals surface area contributed by atoms with E-state index in [0.29, 0.717) is 34.5 Å². The molecule has 8 nitrogen and oxygen atoms in total. The Bertz CT molecular complexity index is 1350. The minimum absolute atomic E-state index is 0.0967. The van der Waals surface area contributed by atoms with Gasteiger partial charge in [0.2, 0.25) is 5.91 Å². The fraction of sp³-hybridized carbons (Fsp3) is 0.115. The maximum Gasteiger partial charge on any atom is 0.257 e. The van der Waals surface area contributed by atoms with E-state index in [1.165, 1.54) is 11.8 Å². The summed E-state index contributed by atoms with van der Waals surface area (Å²) in [6.45, 7) is 6.26. The molecule has 0 radical (unpaired) electrons. The number of amides is 2. The van der Waals surface area contributed by atoms with Crippen LogP contribution in [-0.2, 0) is 11.3 Å². The second kappa shape index (κ2) is 11.3. The lowest BCUT2D eigenvalue weighted by Gasteiger charge is -2.12. The molecule has 0 aliphatic rings. The van der Waals surface area contributed by atoms with Gasteiger partial charge in [0.15, 0.2) is 11.0 Å². The molecule has 0 fully saturated rings. The Morgan fingerprint density at radius 1 is 1.03 bits per heavy atom. The summed E-state index contributed by atoms with van der Waals surface area (Å²) < 4.78 is 1.89. The van der Waals surface area contributed by atoms with E-state index < -0.39 is 0 Å². The molecule has 2 aromatic carbocycles. The van der Waals surface area contributed by atoms with E-state index >= 15 is 0 Å². The molecule has 2 amide bonds. The van der Waals surface area contributed by atoms with Gasteiger partial charge < -0.3 is 10.6 Å². The molecule has 2 N–H and O–H groups in total. The number of pyridine rings is 1. The summed E-state index contributed by atoms with van der Waals surface area (Å²) in [5, 5.41) is 14.9. The van der Waals surface area contributed by atoms with Gasteiger partial charge in [-0.15, -0.1) is 16.8 Å². The number of allylic oxidation sites excluding steroid dienone is 1. The molecule has 2 aromatic heterocycles. The molecule has 0 saturated heterocycles. The first kappa shape index (κ1) is 23.9. The molecule has 0 saturated carbocycles. The molecule has 0 atom stereocenters. The van der Waals surface area contributed by atoms with Crippen molar-refractivity contribution in [2.24, 2.45) is 0 Å². The molecule has 0 aliphatic carbocycles. The summed E-state index contributed by atoms with van der Waals surface area (Å²) in [6, 6.07) is 18.1. The highest BCUT2D eigenvalue weighted by molar-refractivity contribution is 7.99. The van der Waals surface area contributed by atoms with Gasteiger partial charge >= 0.3 is 0 Å². The standard InChI is InChI=1S/C26H24N6O2S/c1-3-15-32-24(19-11-13-27-14-12-19)30-31-26(32)35-17-23(33)29-22-10-5-4-9-21(22)25(34)28-20-8-6-7-18(2)16-20/h3-14,16H,1,15,17H2,2H3,(H,28,34)(H,29,33). The van der Waals surface area contributed by atoms with E-state index in [0.717, 1.165) is 11.1 Å². The Hall–Kier alpha value is -4.24. The molecule has 0 unspecified atom stereocenters. The van der Waals surface area contributed by atoms with Crippen LogP contribution in [0.1, 0.15) is 15.9 Å². The quantitative estimate of drug-likeness (QED) is 0.261. The molecule has 176 valence electrons. The second-order valence-corrected chi connectivity index (χ2v) is 8.59. The van der Waals surface area contributed by atoms with Crippen LogP contribution >= 0.6 is 11.8 Å². The van der Waals surface area contributed by atoms with Crippen molar-refractivity contribution < 1.29 is 9.59 Å². The molecule has 0 bridgehead atoms. The highest BCUT2D eigenvalue weighted by atomic mass is 32.2. The molecule has 0 aliphatic heterocycles. The molecule has 0 spiro atoms. The number of para-hydroxylation sites is 1. The SMILES string of the molecule is C=CCn1c(SCC(=O)Nc2ccccc2C(=O)Nc2cccc(C)c2)nnc1-c1ccncc1. The third-order valence-electron chi connectivity index (χ3n) is 5.02. The molecular formula is C26H24N6O2S. The summed E-state index contributed by atoms with van der Waals surface area (Å²) >= 11 is 1.26. The highest BCUT2D eigenvalue weighted by Gasteiger charge is 2.17. The monoisotopic (exact) mass is 484 g/mol. The van der Waals surface area contributed by atoms with Gasteiger partial charge in [-0.05, 0) is 48.9 Å². The van der Waals surface area contributed by atoms with Crippen molar-refractivity contribution in [1.29, 1.82) is 0 Å². The predicted molar refractivity (Wildman–Crippen MR) is 138 cm³/mol. The van der Waals surface area contributed by atoms with Gasteiger partial charge in [0.25, 0.3) is 5.91 Å². The zero-order valence-electron chi connectivity index (χ0n) is 19.1. The Labute approximate surface area is 207 Å². The van der Waals surface area contributed by atoms with Crippen LogP contribution in [0.3, 0.4) is 0 Å². The molecule has 9 heteroatoms. The molecular weight excluding hydrogens is 460 g/mol. The fourth-order valence-electron chi connectivity index (χ4n) is 3.43. The first-order valence-electron chi connectivity index (χ1n) is 10.9. The van der Waals surface area contributed by atoms with E-state index in [4.69, 9.17) is 0 Å². The number of rotatable bonds is 9. The van der Waals surface area contributed by atoms with Crippen LogP contribution in [0.5, 0.6) is 0 Å². The van der Waals surface area contributed by atoms with Crippen LogP contribution in [0.15, 0.2) is 90.9 Å². The minimum atomic E-state index is -0.299. The lowest BCUT2D eigenvalue weighted by atomic mass is 10.1. The van der Waals surface area contributed by atoms with E-state index in [-0.39, 0.29) is 17.6 Å². The highest BCUT2D eigenvalue weighted by Crippen LogP contribution is 2.24. The largest absolute Gasteiger partial charge is 0.325 e. The number of carbonyl (C=O) groups excluding carboxylic acids is 2. The third kappa shape index (κ3) is 6.01. The number of anilines is 2. The van der Waals surface area contributed by atoms with Crippen LogP contribution in [0.2, 0.25) is 0 Å². The zero-order valence-corrected chi connectivity index (χ0v) is 20.0. The van der Waals surface area contributed by atoms with Crippen molar-refractivity contribution in [3.05, 3.63) is 96.8 Å². The first-order chi connectivity index (χ1) is 17.0. The van der Waals surface area contributed by atoms with Gasteiger partial charge in [0, 0.05) is 30.2 Å². The average Bonchev–Trinajstić information content (AvgIpc) is 3.26. The lowest BCUT2D eigenvalue weighted by molar-refractivity contribution is -0.113. The Morgan fingerprint density at radius 2 is 1.83 bits per heavy atom. The van der Waals surface area contributed by atoms with Gasteiger partial charge in [-0.25, -0.2) is 0 Å². The molecule has 2 heterocycles. The van der Waals surface area contributed by atoms with Gasteiger partial charge in [0.05, 0.1) is 17.0 Å². The maximum absolute atomic E-state index is 12.9. The number of hydrogen-bond acceptors (Lipinski definition) is 6. The van der Waals surface area contributed by atoms with Crippen LogP contribution in [0.25, 0.3) is 11.4 Å². The summed E-state index contributed by atoms with van der Waals surface area (Å²) in [7, 11) is 0. The smallest absolute Gasteiger partial charge is 0.257 e. The van der Waals surface area contributed by atoms with Crippen molar-refractivity contribution in [3.63, 3.8) is 0 Å². The number of benzene rings is 2. The summed E-state index contributed by atoms with van der Waals surface area (Å²) in [5.74, 6) is 0.212. The molecule has 35 heavy (non-hydrogen) atoms. The molecule has 4 aromatic rings. The Balaban J connectivity index is 1.44. The van der Waals surface area contributed by atoms with Crippen molar-refractivity contribution in [2.45, 2.75) is 18.6 Å². The maximum atomic E-state index is 12.9. The Morgan fingerprint density at radius 3 is 2.60 bits per heavy atom. The van der Waals surface area contributed by atoms with Crippen LogP contribution in [-0.4, -0.2) is 37.3 Å². The normalized spacial score (nSPS) is 10.5. The number of carbonyl (C=O) groups is 2. The van der Waals surface area contributed by atoms with Crippen molar-refractivity contribution >= 4 is 35.0 Å². The average molecular weight is 485 g/mol. The van der Waals surface area contributed by atoms with Gasteiger partial charge in [0.1, 0.15) is 0 Å². The number of aryl methyl sites for hydroxylation is 1. The topological polar surface area (TPSA) is 102 Å². The summed E-state index contributed by atoms with van der Waals surface area (Å²) in [5.41, 5.74) is 3.42. The van der Waals surface area contributed by atoms with E-state index in [2.05, 4.69) is 32.4 Å². The number of thioether (sulfide) groups is 1. The van der Waals surface area contributed by atoms with E-state index in [1.54, 1.807) is 42.7 Å². The zero-order chi connectivity index (χ0) is 24.6. The number of nitrogens with one attached hydrogen (secondary N) is 2. The predicted octanol–water partition coefficient (Wildman–Crippen LogP) is 4.82. The van der Waals surface area contributed by atoms with Crippen molar-refractivity contribution in [2.75, 3.05) is 16.4 Å². The van der Waals surface area contributed by atoms with Gasteiger partial charge in [-0.2, -0.15) is 0 Å². The lowest BCUT2D eigenvalue weighted by Crippen LogP contribution is -2.19. The van der Waals surface area contributed by atoms with Crippen molar-refractivity contribution in [1.82, 2.24) is 19.7 Å². The third-order valence-corrected chi connectivity index (χ3v) is 5.99.